The van der Waals surface area contributed by atoms with E-state index in [2.05, 4.69) is 12.2 Å². The number of nitrogens with zero attached hydrogens (tertiary/aromatic N) is 3. The third-order valence-corrected chi connectivity index (χ3v) is 7.94. The maximum Gasteiger partial charge on any atom is 0.250 e. The standard InChI is InChI=1S/C23H25N3O4/c27-18(6-7-25-22(29)20-14-4-5-15(9-14)21(20)23(25)30)24-10-13-8-16(12-24)17-2-1-3-19(28)26(17)11-13/h1-5,13-16,20-21H,6-12H2. The average molecular weight is 407 g/mol. The zero-order valence-electron chi connectivity index (χ0n) is 16.8. The van der Waals surface area contributed by atoms with Crippen molar-refractivity contribution in [1.82, 2.24) is 14.4 Å². The summed E-state index contributed by atoms with van der Waals surface area (Å²) in [5, 5.41) is 0. The number of hydrogen-bond acceptors (Lipinski definition) is 4. The van der Waals surface area contributed by atoms with Crippen LogP contribution in [0.4, 0.5) is 0 Å². The predicted octanol–water partition coefficient (Wildman–Crippen LogP) is 0.991. The van der Waals surface area contributed by atoms with Crippen LogP contribution in [-0.4, -0.2) is 51.7 Å². The van der Waals surface area contributed by atoms with Gasteiger partial charge in [0.1, 0.15) is 0 Å². The molecule has 2 aliphatic carbocycles. The van der Waals surface area contributed by atoms with E-state index in [1.165, 1.54) is 4.90 Å². The largest absolute Gasteiger partial charge is 0.342 e. The highest BCUT2D eigenvalue weighted by Crippen LogP contribution is 2.52. The minimum absolute atomic E-state index is 0.00446. The Balaban J connectivity index is 1.13. The first-order valence-electron chi connectivity index (χ1n) is 11.0. The average Bonchev–Trinajstić information content (AvgIpc) is 3.41. The molecule has 0 aromatic carbocycles. The Hall–Kier alpha value is -2.70. The Kier molecular flexibility index (Phi) is 3.86. The van der Waals surface area contributed by atoms with Gasteiger partial charge in [-0.2, -0.15) is 0 Å². The SMILES string of the molecule is O=C(CCN1C(=O)C2C3C=CC(C3)C2C1=O)N1CC2CC(C1)c1cccc(=O)n1C2. The first kappa shape index (κ1) is 18.1. The lowest BCUT2D eigenvalue weighted by Crippen LogP contribution is -2.49. The third-order valence-electron chi connectivity index (χ3n) is 7.94. The Morgan fingerprint density at radius 1 is 0.933 bits per heavy atom. The number of likely N-dealkylation sites (tertiary alicyclic amines) is 2. The lowest BCUT2D eigenvalue weighted by molar-refractivity contribution is -0.142. The van der Waals surface area contributed by atoms with E-state index in [1.807, 2.05) is 15.5 Å². The number of aromatic nitrogens is 1. The van der Waals surface area contributed by atoms with Gasteiger partial charge in [0.15, 0.2) is 0 Å². The molecule has 1 aromatic rings. The Morgan fingerprint density at radius 2 is 1.67 bits per heavy atom. The van der Waals surface area contributed by atoms with Gasteiger partial charge in [-0.25, -0.2) is 0 Å². The molecule has 6 rings (SSSR count). The highest BCUT2D eigenvalue weighted by molar-refractivity contribution is 6.06. The van der Waals surface area contributed by atoms with Crippen molar-refractivity contribution in [2.45, 2.75) is 31.7 Å². The molecule has 30 heavy (non-hydrogen) atoms. The van der Waals surface area contributed by atoms with Gasteiger partial charge >= 0.3 is 0 Å². The molecule has 0 spiro atoms. The first-order chi connectivity index (χ1) is 14.5. The molecule has 3 amide bonds. The molecule has 3 aliphatic heterocycles. The monoisotopic (exact) mass is 407 g/mol. The van der Waals surface area contributed by atoms with Crippen molar-refractivity contribution in [2.75, 3.05) is 19.6 Å². The van der Waals surface area contributed by atoms with Gasteiger partial charge in [-0.3, -0.25) is 24.1 Å². The van der Waals surface area contributed by atoms with E-state index in [-0.39, 0.29) is 71.8 Å². The number of rotatable bonds is 3. The van der Waals surface area contributed by atoms with Crippen LogP contribution in [0, 0.1) is 29.6 Å². The van der Waals surface area contributed by atoms with Gasteiger partial charge in [0.25, 0.3) is 5.56 Å². The second kappa shape index (κ2) is 6.40. The summed E-state index contributed by atoms with van der Waals surface area (Å²) in [5.41, 5.74) is 1.04. The van der Waals surface area contributed by atoms with Crippen molar-refractivity contribution in [3.05, 3.63) is 46.4 Å². The molecule has 1 saturated carbocycles. The van der Waals surface area contributed by atoms with E-state index in [9.17, 15) is 19.2 Å². The molecule has 7 nitrogen and oxygen atoms in total. The van der Waals surface area contributed by atoms with Crippen LogP contribution in [0.25, 0.3) is 0 Å². The molecule has 4 heterocycles. The molecule has 2 saturated heterocycles. The Bertz CT molecular complexity index is 1010. The van der Waals surface area contributed by atoms with E-state index >= 15 is 0 Å². The van der Waals surface area contributed by atoms with Crippen LogP contribution in [0.3, 0.4) is 0 Å². The maximum absolute atomic E-state index is 13.0. The van der Waals surface area contributed by atoms with E-state index in [0.717, 1.165) is 18.5 Å². The molecule has 1 aromatic heterocycles. The third kappa shape index (κ3) is 2.50. The highest BCUT2D eigenvalue weighted by Gasteiger charge is 2.59. The van der Waals surface area contributed by atoms with Crippen molar-refractivity contribution in [3.63, 3.8) is 0 Å². The number of imide groups is 1. The summed E-state index contributed by atoms with van der Waals surface area (Å²) >= 11 is 0. The summed E-state index contributed by atoms with van der Waals surface area (Å²) in [7, 11) is 0. The van der Waals surface area contributed by atoms with Gasteiger partial charge in [-0.05, 0) is 36.7 Å². The van der Waals surface area contributed by atoms with E-state index < -0.39 is 0 Å². The molecule has 7 heteroatoms. The molecular weight excluding hydrogens is 382 g/mol. The summed E-state index contributed by atoms with van der Waals surface area (Å²) in [6.07, 6.45) is 6.26. The van der Waals surface area contributed by atoms with Crippen LogP contribution < -0.4 is 5.56 Å². The molecular formula is C23H25N3O4. The fourth-order valence-electron chi connectivity index (χ4n) is 6.65. The van der Waals surface area contributed by atoms with Crippen molar-refractivity contribution >= 4 is 17.7 Å². The minimum Gasteiger partial charge on any atom is -0.342 e. The summed E-state index contributed by atoms with van der Waals surface area (Å²) < 4.78 is 1.85. The molecule has 6 unspecified atom stereocenters. The molecule has 3 fully saturated rings. The van der Waals surface area contributed by atoms with Crippen molar-refractivity contribution < 1.29 is 14.4 Å². The van der Waals surface area contributed by atoms with Crippen LogP contribution in [0.15, 0.2) is 35.1 Å². The number of amides is 3. The molecule has 5 aliphatic rings. The molecule has 0 N–H and O–H groups in total. The maximum atomic E-state index is 13.0. The van der Waals surface area contributed by atoms with Gasteiger partial charge in [0.05, 0.1) is 11.8 Å². The van der Waals surface area contributed by atoms with Gasteiger partial charge in [0, 0.05) is 50.3 Å². The molecule has 0 radical (unpaired) electrons. The van der Waals surface area contributed by atoms with Crippen LogP contribution in [0.5, 0.6) is 0 Å². The topological polar surface area (TPSA) is 79.7 Å². The van der Waals surface area contributed by atoms with Crippen LogP contribution in [0.1, 0.15) is 30.9 Å². The minimum atomic E-state index is -0.202. The highest BCUT2D eigenvalue weighted by atomic mass is 16.2. The van der Waals surface area contributed by atoms with Gasteiger partial charge < -0.3 is 9.47 Å². The zero-order chi connectivity index (χ0) is 20.6. The lowest BCUT2D eigenvalue weighted by Gasteiger charge is -2.42. The fraction of sp³-hybridized carbons (Fsp3) is 0.565. The second-order valence-corrected chi connectivity index (χ2v) is 9.57. The zero-order valence-corrected chi connectivity index (χ0v) is 16.8. The Labute approximate surface area is 174 Å². The molecule has 6 atom stereocenters. The summed E-state index contributed by atoms with van der Waals surface area (Å²) in [6.45, 7) is 2.07. The second-order valence-electron chi connectivity index (χ2n) is 9.57. The summed E-state index contributed by atoms with van der Waals surface area (Å²) in [4.78, 5) is 54.0. The van der Waals surface area contributed by atoms with Crippen LogP contribution >= 0.6 is 0 Å². The van der Waals surface area contributed by atoms with E-state index in [4.69, 9.17) is 0 Å². The number of piperidine rings is 1. The number of fused-ring (bicyclic) bond motifs is 9. The van der Waals surface area contributed by atoms with Crippen molar-refractivity contribution in [3.8, 4) is 0 Å². The summed E-state index contributed by atoms with van der Waals surface area (Å²) in [6, 6.07) is 5.37. The smallest absolute Gasteiger partial charge is 0.250 e. The van der Waals surface area contributed by atoms with E-state index in [1.54, 1.807) is 12.1 Å². The van der Waals surface area contributed by atoms with Gasteiger partial charge in [-0.15, -0.1) is 0 Å². The number of allylic oxidation sites excluding steroid dienone is 2. The number of carbonyl (C=O) groups excluding carboxylic acids is 3. The van der Waals surface area contributed by atoms with Crippen molar-refractivity contribution in [2.24, 2.45) is 29.6 Å². The first-order valence-corrected chi connectivity index (χ1v) is 11.0. The quantitative estimate of drug-likeness (QED) is 0.553. The predicted molar refractivity (Wildman–Crippen MR) is 107 cm³/mol. The normalized spacial score (nSPS) is 35.7. The summed E-state index contributed by atoms with van der Waals surface area (Å²) in [5.74, 6) is 0.262. The van der Waals surface area contributed by atoms with Crippen LogP contribution in [0.2, 0.25) is 0 Å². The molecule has 156 valence electrons. The number of hydrogen-bond donors (Lipinski definition) is 0. The van der Waals surface area contributed by atoms with Gasteiger partial charge in [0.2, 0.25) is 17.7 Å². The number of pyridine rings is 1. The molecule has 4 bridgehead atoms. The van der Waals surface area contributed by atoms with Gasteiger partial charge in [-0.1, -0.05) is 18.2 Å². The lowest BCUT2D eigenvalue weighted by atomic mass is 9.83. The fourth-order valence-corrected chi connectivity index (χ4v) is 6.65. The Morgan fingerprint density at radius 3 is 2.40 bits per heavy atom. The van der Waals surface area contributed by atoms with Crippen molar-refractivity contribution in [1.29, 1.82) is 0 Å². The number of carbonyl (C=O) groups is 3. The van der Waals surface area contributed by atoms with E-state index in [0.29, 0.717) is 19.6 Å². The van der Waals surface area contributed by atoms with Crippen LogP contribution in [-0.2, 0) is 20.9 Å².